The van der Waals surface area contributed by atoms with Crippen LogP contribution < -0.4 is 5.32 Å². The number of anilines is 1. The quantitative estimate of drug-likeness (QED) is 0.675. The average Bonchev–Trinajstić information content (AvgIpc) is 2.22. The smallest absolute Gasteiger partial charge is 0.397 e. The maximum Gasteiger partial charge on any atom is 0.397 e. The number of ether oxygens (including phenoxy) is 1. The second-order valence-corrected chi connectivity index (χ2v) is 4.09. The van der Waals surface area contributed by atoms with Gasteiger partial charge in [-0.3, -0.25) is 4.79 Å². The molecule has 1 aromatic carbocycles. The maximum absolute atomic E-state index is 11.3. The van der Waals surface area contributed by atoms with E-state index in [0.29, 0.717) is 15.2 Å². The molecule has 0 fully saturated rings. The van der Waals surface area contributed by atoms with E-state index in [0.717, 1.165) is 0 Å². The van der Waals surface area contributed by atoms with Crippen LogP contribution in [0.1, 0.15) is 6.92 Å². The highest BCUT2D eigenvalue weighted by atomic mass is 79.9. The summed E-state index contributed by atoms with van der Waals surface area (Å²) in [6.45, 7) is 1.79. The van der Waals surface area contributed by atoms with E-state index in [4.69, 9.17) is 11.6 Å². The highest BCUT2D eigenvalue weighted by Gasteiger charge is 2.15. The lowest BCUT2D eigenvalue weighted by Crippen LogP contribution is -2.25. The van der Waals surface area contributed by atoms with Crippen molar-refractivity contribution in [2.75, 3.05) is 11.9 Å². The van der Waals surface area contributed by atoms with Gasteiger partial charge in [0.15, 0.2) is 0 Å². The number of halogens is 2. The Morgan fingerprint density at radius 1 is 1.50 bits per heavy atom. The normalized spacial score (nSPS) is 9.69. The van der Waals surface area contributed by atoms with Crippen LogP contribution in [0.25, 0.3) is 0 Å². The molecule has 0 aromatic heterocycles. The molecule has 0 radical (unpaired) electrons. The second-order valence-electron chi connectivity index (χ2n) is 2.80. The van der Waals surface area contributed by atoms with Crippen molar-refractivity contribution in [3.05, 3.63) is 27.7 Å². The number of carbonyl (C=O) groups is 2. The largest absolute Gasteiger partial charge is 0.459 e. The Kier molecular flexibility index (Phi) is 4.76. The summed E-state index contributed by atoms with van der Waals surface area (Å²) < 4.78 is 5.14. The summed E-state index contributed by atoms with van der Waals surface area (Å²) in [7, 11) is 0. The Balaban J connectivity index is 2.73. The number of carbonyl (C=O) groups excluding carboxylic acids is 2. The highest BCUT2D eigenvalue weighted by molar-refractivity contribution is 9.10. The van der Waals surface area contributed by atoms with Crippen LogP contribution in [0, 0.1) is 0 Å². The van der Waals surface area contributed by atoms with Crippen molar-refractivity contribution in [3.63, 3.8) is 0 Å². The fraction of sp³-hybridized carbons (Fsp3) is 0.200. The number of hydrogen-bond acceptors (Lipinski definition) is 3. The maximum atomic E-state index is 11.3. The standard InChI is InChI=1S/C10H9BrClNO3/c1-2-16-10(15)9(14)13-8-4-3-6(12)5-7(8)11/h3-5H,2H2,1H3,(H,13,14). The SMILES string of the molecule is CCOC(=O)C(=O)Nc1ccc(Cl)cc1Br. The summed E-state index contributed by atoms with van der Waals surface area (Å²) in [5, 5.41) is 2.93. The summed E-state index contributed by atoms with van der Waals surface area (Å²) in [5.41, 5.74) is 0.461. The summed E-state index contributed by atoms with van der Waals surface area (Å²) in [6, 6.07) is 4.80. The summed E-state index contributed by atoms with van der Waals surface area (Å²) in [6.07, 6.45) is 0. The molecule has 0 aliphatic carbocycles. The first kappa shape index (κ1) is 13.0. The number of benzene rings is 1. The Morgan fingerprint density at radius 2 is 2.19 bits per heavy atom. The van der Waals surface area contributed by atoms with Crippen LogP contribution in [-0.2, 0) is 14.3 Å². The van der Waals surface area contributed by atoms with Crippen molar-refractivity contribution in [1.82, 2.24) is 0 Å². The second kappa shape index (κ2) is 5.86. The van der Waals surface area contributed by atoms with Crippen LogP contribution in [-0.4, -0.2) is 18.5 Å². The zero-order chi connectivity index (χ0) is 12.1. The molecular formula is C10H9BrClNO3. The van der Waals surface area contributed by atoms with Gasteiger partial charge in [-0.2, -0.15) is 0 Å². The molecule has 6 heteroatoms. The topological polar surface area (TPSA) is 55.4 Å². The van der Waals surface area contributed by atoms with Gasteiger partial charge < -0.3 is 10.1 Å². The van der Waals surface area contributed by atoms with E-state index >= 15 is 0 Å². The Bertz CT molecular complexity index is 423. The predicted octanol–water partition coefficient (Wildman–Crippen LogP) is 2.60. The average molecular weight is 307 g/mol. The van der Waals surface area contributed by atoms with E-state index < -0.39 is 11.9 Å². The number of hydrogen-bond donors (Lipinski definition) is 1. The highest BCUT2D eigenvalue weighted by Crippen LogP contribution is 2.25. The molecule has 1 aromatic rings. The van der Waals surface area contributed by atoms with Gasteiger partial charge >= 0.3 is 11.9 Å². The van der Waals surface area contributed by atoms with E-state index in [1.54, 1.807) is 25.1 Å². The Labute approximate surface area is 106 Å². The van der Waals surface area contributed by atoms with Crippen molar-refractivity contribution >= 4 is 45.1 Å². The fourth-order valence-corrected chi connectivity index (χ4v) is 1.74. The Hall–Kier alpha value is -1.07. The molecule has 1 rings (SSSR count). The summed E-state index contributed by atoms with van der Waals surface area (Å²) >= 11 is 8.94. The third-order valence-corrected chi connectivity index (χ3v) is 2.53. The first-order valence-corrected chi connectivity index (χ1v) is 5.65. The van der Waals surface area contributed by atoms with Crippen LogP contribution in [0.3, 0.4) is 0 Å². The first-order valence-electron chi connectivity index (χ1n) is 4.47. The zero-order valence-corrected chi connectivity index (χ0v) is 10.8. The molecule has 0 saturated heterocycles. The van der Waals surface area contributed by atoms with E-state index in [2.05, 4.69) is 26.0 Å². The van der Waals surface area contributed by atoms with Gasteiger partial charge in [0.2, 0.25) is 0 Å². The van der Waals surface area contributed by atoms with Gasteiger partial charge in [-0.05, 0) is 41.1 Å². The van der Waals surface area contributed by atoms with Crippen LogP contribution in [0.15, 0.2) is 22.7 Å². The molecule has 86 valence electrons. The van der Waals surface area contributed by atoms with Crippen LogP contribution in [0.4, 0.5) is 5.69 Å². The van der Waals surface area contributed by atoms with Crippen LogP contribution >= 0.6 is 27.5 Å². The monoisotopic (exact) mass is 305 g/mol. The molecule has 1 N–H and O–H groups in total. The lowest BCUT2D eigenvalue weighted by Gasteiger charge is -2.06. The van der Waals surface area contributed by atoms with Crippen molar-refractivity contribution in [2.24, 2.45) is 0 Å². The minimum Gasteiger partial charge on any atom is -0.459 e. The van der Waals surface area contributed by atoms with Crippen molar-refractivity contribution in [3.8, 4) is 0 Å². The molecule has 0 bridgehead atoms. The first-order chi connectivity index (χ1) is 7.54. The van der Waals surface area contributed by atoms with E-state index in [1.807, 2.05) is 0 Å². The molecule has 0 saturated carbocycles. The third kappa shape index (κ3) is 3.50. The van der Waals surface area contributed by atoms with E-state index in [-0.39, 0.29) is 6.61 Å². The van der Waals surface area contributed by atoms with Crippen LogP contribution in [0.2, 0.25) is 5.02 Å². The van der Waals surface area contributed by atoms with Gasteiger partial charge in [-0.1, -0.05) is 11.6 Å². The number of esters is 1. The Morgan fingerprint density at radius 3 is 2.75 bits per heavy atom. The summed E-state index contributed by atoms with van der Waals surface area (Å²) in [5.74, 6) is -1.73. The van der Waals surface area contributed by atoms with E-state index in [1.165, 1.54) is 0 Å². The van der Waals surface area contributed by atoms with Crippen LogP contribution in [0.5, 0.6) is 0 Å². The summed E-state index contributed by atoms with van der Waals surface area (Å²) in [4.78, 5) is 22.4. The zero-order valence-electron chi connectivity index (χ0n) is 8.42. The molecular weight excluding hydrogens is 297 g/mol. The molecule has 4 nitrogen and oxygen atoms in total. The van der Waals surface area contributed by atoms with Gasteiger partial charge in [-0.15, -0.1) is 0 Å². The molecule has 0 aliphatic heterocycles. The molecule has 0 spiro atoms. The van der Waals surface area contributed by atoms with Gasteiger partial charge in [0, 0.05) is 9.50 Å². The van der Waals surface area contributed by atoms with Crippen molar-refractivity contribution < 1.29 is 14.3 Å². The molecule has 0 atom stereocenters. The minimum atomic E-state index is -0.913. The number of rotatable bonds is 2. The van der Waals surface area contributed by atoms with Gasteiger partial charge in [-0.25, -0.2) is 4.79 Å². The predicted molar refractivity (Wildman–Crippen MR) is 64.4 cm³/mol. The van der Waals surface area contributed by atoms with E-state index in [9.17, 15) is 9.59 Å². The minimum absolute atomic E-state index is 0.161. The van der Waals surface area contributed by atoms with Gasteiger partial charge in [0.05, 0.1) is 12.3 Å². The van der Waals surface area contributed by atoms with Crippen molar-refractivity contribution in [1.29, 1.82) is 0 Å². The number of amides is 1. The molecule has 1 amide bonds. The fourth-order valence-electron chi connectivity index (χ4n) is 0.961. The van der Waals surface area contributed by atoms with Gasteiger partial charge in [0.1, 0.15) is 0 Å². The van der Waals surface area contributed by atoms with Crippen molar-refractivity contribution in [2.45, 2.75) is 6.92 Å². The molecule has 16 heavy (non-hydrogen) atoms. The molecule has 0 unspecified atom stereocenters. The lowest BCUT2D eigenvalue weighted by atomic mass is 10.3. The lowest BCUT2D eigenvalue weighted by molar-refractivity contribution is -0.152. The molecule has 0 aliphatic rings. The molecule has 0 heterocycles. The third-order valence-electron chi connectivity index (χ3n) is 1.64. The number of nitrogens with one attached hydrogen (secondary N) is 1. The van der Waals surface area contributed by atoms with Gasteiger partial charge in [0.25, 0.3) is 0 Å².